The average molecular weight is 613 g/mol. The van der Waals surface area contributed by atoms with Gasteiger partial charge in [0, 0.05) is 12.6 Å². The van der Waals surface area contributed by atoms with E-state index < -0.39 is 105 Å². The third-order valence-corrected chi connectivity index (χ3v) is 8.05. The second kappa shape index (κ2) is 14.3. The van der Waals surface area contributed by atoms with Crippen LogP contribution in [-0.4, -0.2) is 159 Å². The van der Waals surface area contributed by atoms with Crippen molar-refractivity contribution in [1.29, 1.82) is 0 Å². The molecular formula is C23H44N6O13. The highest BCUT2D eigenvalue weighted by atomic mass is 16.8. The summed E-state index contributed by atoms with van der Waals surface area (Å²) in [5.41, 5.74) is 29.7. The van der Waals surface area contributed by atoms with Gasteiger partial charge in [-0.05, 0) is 18.9 Å². The first-order chi connectivity index (χ1) is 19.9. The molecule has 1 aliphatic carbocycles. The van der Waals surface area contributed by atoms with Crippen LogP contribution in [0.1, 0.15) is 12.8 Å². The molecule has 2 saturated heterocycles. The molecule has 4 aliphatic rings. The van der Waals surface area contributed by atoms with E-state index in [2.05, 4.69) is 0 Å². The van der Waals surface area contributed by atoms with Gasteiger partial charge in [0.05, 0.1) is 31.3 Å². The third kappa shape index (κ3) is 6.88. The second-order valence-corrected chi connectivity index (χ2v) is 10.9. The number of aliphatic hydroxyl groups is 5. The van der Waals surface area contributed by atoms with Crippen LogP contribution < -0.4 is 28.7 Å². The smallest absolute Gasteiger partial charge is 0.215 e. The Balaban J connectivity index is 1.52. The zero-order valence-corrected chi connectivity index (χ0v) is 22.8. The van der Waals surface area contributed by atoms with Crippen molar-refractivity contribution in [1.82, 2.24) is 5.23 Å². The molecule has 0 aromatic rings. The Morgan fingerprint density at radius 2 is 1.43 bits per heavy atom. The molecule has 42 heavy (non-hydrogen) atoms. The number of rotatable bonds is 10. The first-order valence-electron chi connectivity index (χ1n) is 13.7. The molecule has 16 atom stereocenters. The normalized spacial score (nSPS) is 48.3. The van der Waals surface area contributed by atoms with Gasteiger partial charge in [-0.25, -0.2) is 0 Å². The predicted octanol–water partition coefficient (Wildman–Crippen LogP) is -6.59. The predicted molar refractivity (Wildman–Crippen MR) is 136 cm³/mol. The quantitative estimate of drug-likeness (QED) is 0.102. The third-order valence-electron chi connectivity index (χ3n) is 8.05. The Morgan fingerprint density at radius 1 is 0.786 bits per heavy atom. The lowest BCUT2D eigenvalue weighted by atomic mass is 9.84. The second-order valence-electron chi connectivity index (χ2n) is 10.9. The number of hydrogen-bond donors (Lipinski definition) is 12. The van der Waals surface area contributed by atoms with Gasteiger partial charge in [-0.15, -0.1) is 0 Å². The van der Waals surface area contributed by atoms with Crippen LogP contribution >= 0.6 is 0 Å². The molecule has 3 heterocycles. The molecular weight excluding hydrogens is 568 g/mol. The largest absolute Gasteiger partial charge is 0.467 e. The Labute approximate surface area is 241 Å². The molecule has 0 aromatic carbocycles. The lowest BCUT2D eigenvalue weighted by molar-refractivity contribution is -0.365. The molecule has 17 N–H and O–H groups in total. The zero-order chi connectivity index (χ0) is 30.9. The van der Waals surface area contributed by atoms with Crippen LogP contribution in [-0.2, 0) is 28.4 Å². The number of nitrogens with two attached hydrogens (primary N) is 5. The Morgan fingerprint density at radius 3 is 2.05 bits per heavy atom. The molecule has 3 fully saturated rings. The van der Waals surface area contributed by atoms with E-state index >= 15 is 0 Å². The van der Waals surface area contributed by atoms with Gasteiger partial charge < -0.3 is 82.6 Å². The van der Waals surface area contributed by atoms with Crippen LogP contribution in [0.25, 0.3) is 0 Å². The highest BCUT2D eigenvalue weighted by Crippen LogP contribution is 2.35. The van der Waals surface area contributed by atoms with E-state index in [-0.39, 0.29) is 24.7 Å². The molecule has 0 bridgehead atoms. The van der Waals surface area contributed by atoms with Gasteiger partial charge in [0.15, 0.2) is 12.6 Å². The van der Waals surface area contributed by atoms with Crippen LogP contribution in [0.2, 0.25) is 0 Å². The summed E-state index contributed by atoms with van der Waals surface area (Å²) < 4.78 is 34.8. The Hall–Kier alpha value is -1.18. The van der Waals surface area contributed by atoms with E-state index in [1.165, 1.54) is 0 Å². The zero-order valence-electron chi connectivity index (χ0n) is 22.8. The van der Waals surface area contributed by atoms with Crippen molar-refractivity contribution in [2.24, 2.45) is 28.7 Å². The summed E-state index contributed by atoms with van der Waals surface area (Å²) in [6.45, 7) is -0.750. The molecule has 244 valence electrons. The number of hydrogen-bond acceptors (Lipinski definition) is 19. The SMILES string of the molecule is NCC1=CC[C@@H](N)[C@@H](O[C@H]2[C@H](O[C@@H]3O[C@H](CO)[C@@H](O[C@H]4O[C@@H](CN)[C@@H](O)[C@@H](O)[C@H]4N)[C@H]3O)[C@@H](O)[C@H](N(O)O)C[C@@H]2N)O1. The molecule has 4 rings (SSSR count). The lowest BCUT2D eigenvalue weighted by Crippen LogP contribution is -2.66. The summed E-state index contributed by atoms with van der Waals surface area (Å²) in [5, 5.41) is 71.8. The molecule has 0 radical (unpaired) electrons. The summed E-state index contributed by atoms with van der Waals surface area (Å²) in [6.07, 6.45) is -14.3. The standard InChI is InChI=1S/C23H44N6O13/c24-4-7-1-2-8(26)21(37-7)40-18-9(27)3-10(29(35)36)14(31)20(18)42-23-17(34)19(12(6-30)39-23)41-22-13(28)16(33)15(32)11(5-25)38-22/h1,8-23,30-36H,2-6,24-28H2/t8-,9+,10-,11+,12-,13-,14+,15-,16+,17-,18-,19-,20-,21-,22-,23+/m1/s1. The van der Waals surface area contributed by atoms with Gasteiger partial charge in [-0.3, -0.25) is 10.4 Å². The Kier molecular flexibility index (Phi) is 11.5. The average Bonchev–Trinajstić information content (AvgIpc) is 3.26. The number of aliphatic hydroxyl groups excluding tert-OH is 5. The van der Waals surface area contributed by atoms with Gasteiger partial charge in [0.25, 0.3) is 0 Å². The van der Waals surface area contributed by atoms with E-state index in [1.54, 1.807) is 6.08 Å². The highest BCUT2D eigenvalue weighted by Gasteiger charge is 2.54. The maximum atomic E-state index is 11.1. The van der Waals surface area contributed by atoms with Gasteiger partial charge in [-0.2, -0.15) is 0 Å². The number of ether oxygens (including phenoxy) is 6. The van der Waals surface area contributed by atoms with E-state index in [0.717, 1.165) is 0 Å². The first kappa shape index (κ1) is 33.7. The molecule has 0 unspecified atom stereocenters. The van der Waals surface area contributed by atoms with Crippen LogP contribution in [0, 0.1) is 0 Å². The highest BCUT2D eigenvalue weighted by molar-refractivity contribution is 5.04. The fourth-order valence-corrected chi connectivity index (χ4v) is 5.57. The fraction of sp³-hybridized carbons (Fsp3) is 0.913. The van der Waals surface area contributed by atoms with Crippen molar-refractivity contribution in [2.75, 3.05) is 19.7 Å². The summed E-state index contributed by atoms with van der Waals surface area (Å²) in [6, 6.07) is -4.16. The molecule has 19 nitrogen and oxygen atoms in total. The van der Waals surface area contributed by atoms with E-state index in [1.807, 2.05) is 0 Å². The van der Waals surface area contributed by atoms with E-state index in [0.29, 0.717) is 12.2 Å². The monoisotopic (exact) mass is 612 g/mol. The summed E-state index contributed by atoms with van der Waals surface area (Å²) in [5.74, 6) is 0.428. The van der Waals surface area contributed by atoms with Crippen LogP contribution in [0.15, 0.2) is 11.8 Å². The van der Waals surface area contributed by atoms with Crippen molar-refractivity contribution in [3.63, 3.8) is 0 Å². The van der Waals surface area contributed by atoms with Gasteiger partial charge >= 0.3 is 0 Å². The minimum atomic E-state index is -1.64. The minimum absolute atomic E-state index is 0.0837. The maximum Gasteiger partial charge on any atom is 0.215 e. The molecule has 1 saturated carbocycles. The fourth-order valence-electron chi connectivity index (χ4n) is 5.57. The van der Waals surface area contributed by atoms with Crippen LogP contribution in [0.4, 0.5) is 0 Å². The van der Waals surface area contributed by atoms with Crippen molar-refractivity contribution in [3.05, 3.63) is 11.8 Å². The van der Waals surface area contributed by atoms with E-state index in [9.17, 15) is 35.9 Å². The molecule has 0 spiro atoms. The van der Waals surface area contributed by atoms with Crippen molar-refractivity contribution >= 4 is 0 Å². The lowest BCUT2D eigenvalue weighted by Gasteiger charge is -2.46. The molecule has 0 amide bonds. The molecule has 0 aromatic heterocycles. The van der Waals surface area contributed by atoms with Gasteiger partial charge in [0.1, 0.15) is 60.7 Å². The number of nitrogens with zero attached hydrogens (tertiary/aromatic N) is 1. The number of hydroxylamine groups is 2. The van der Waals surface area contributed by atoms with Crippen molar-refractivity contribution in [3.8, 4) is 0 Å². The van der Waals surface area contributed by atoms with E-state index in [4.69, 9.17) is 57.1 Å². The van der Waals surface area contributed by atoms with Gasteiger partial charge in [-0.1, -0.05) is 5.23 Å². The molecule has 3 aliphatic heterocycles. The first-order valence-corrected chi connectivity index (χ1v) is 13.7. The minimum Gasteiger partial charge on any atom is -0.467 e. The van der Waals surface area contributed by atoms with Gasteiger partial charge in [0.2, 0.25) is 6.29 Å². The Bertz CT molecular complexity index is 907. The maximum absolute atomic E-state index is 11.1. The summed E-state index contributed by atoms with van der Waals surface area (Å²) >= 11 is 0. The summed E-state index contributed by atoms with van der Waals surface area (Å²) in [7, 11) is 0. The van der Waals surface area contributed by atoms with Crippen LogP contribution in [0.5, 0.6) is 0 Å². The topological polar surface area (TPSA) is 330 Å². The van der Waals surface area contributed by atoms with Crippen molar-refractivity contribution in [2.45, 2.75) is 111 Å². The summed E-state index contributed by atoms with van der Waals surface area (Å²) in [4.78, 5) is 0. The van der Waals surface area contributed by atoms with Crippen molar-refractivity contribution < 1.29 is 64.4 Å². The van der Waals surface area contributed by atoms with Crippen LogP contribution in [0.3, 0.4) is 0 Å². The molecule has 19 heteroatoms.